The first-order valence-corrected chi connectivity index (χ1v) is 5.63. The summed E-state index contributed by atoms with van der Waals surface area (Å²) in [7, 11) is 0. The molecular weight excluding hydrogens is 176 g/mol. The Morgan fingerprint density at radius 2 is 2.14 bits per heavy atom. The fraction of sp³-hybridized carbons (Fsp3) is 0.909. The van der Waals surface area contributed by atoms with Crippen LogP contribution in [0.25, 0.3) is 0 Å². The van der Waals surface area contributed by atoms with Gasteiger partial charge in [0.1, 0.15) is 0 Å². The maximum atomic E-state index is 11.5. The molecule has 2 atom stereocenters. The number of amides is 1. The Bertz CT molecular complexity index is 190. The minimum absolute atomic E-state index is 0.212. The van der Waals surface area contributed by atoms with Crippen LogP contribution in [0.4, 0.5) is 0 Å². The van der Waals surface area contributed by atoms with Crippen molar-refractivity contribution < 1.29 is 4.79 Å². The third-order valence-corrected chi connectivity index (χ3v) is 3.23. The topological polar surface area (TPSA) is 41.1 Å². The van der Waals surface area contributed by atoms with Gasteiger partial charge in [-0.3, -0.25) is 4.79 Å². The molecule has 82 valence electrons. The van der Waals surface area contributed by atoms with E-state index < -0.39 is 0 Å². The van der Waals surface area contributed by atoms with E-state index in [0.717, 1.165) is 19.5 Å². The molecule has 3 nitrogen and oxygen atoms in total. The lowest BCUT2D eigenvalue weighted by Gasteiger charge is -2.27. The van der Waals surface area contributed by atoms with E-state index in [2.05, 4.69) is 31.4 Å². The quantitative estimate of drug-likeness (QED) is 0.695. The van der Waals surface area contributed by atoms with Crippen molar-refractivity contribution in [2.75, 3.05) is 13.1 Å². The zero-order valence-corrected chi connectivity index (χ0v) is 9.47. The number of rotatable bonds is 5. The first-order valence-electron chi connectivity index (χ1n) is 5.63. The molecule has 14 heavy (non-hydrogen) atoms. The van der Waals surface area contributed by atoms with Gasteiger partial charge in [-0.2, -0.15) is 0 Å². The van der Waals surface area contributed by atoms with Crippen molar-refractivity contribution in [2.24, 2.45) is 11.8 Å². The summed E-state index contributed by atoms with van der Waals surface area (Å²) in [6.07, 6.45) is 1.81. The molecule has 1 amide bonds. The number of carbonyl (C=O) groups is 1. The van der Waals surface area contributed by atoms with E-state index in [4.69, 9.17) is 0 Å². The van der Waals surface area contributed by atoms with Gasteiger partial charge in [0, 0.05) is 12.5 Å². The molecule has 3 heteroatoms. The summed E-state index contributed by atoms with van der Waals surface area (Å²) < 4.78 is 0. The average molecular weight is 198 g/mol. The summed E-state index contributed by atoms with van der Waals surface area (Å²) in [4.78, 5) is 11.5. The van der Waals surface area contributed by atoms with Crippen molar-refractivity contribution in [3.8, 4) is 0 Å². The van der Waals surface area contributed by atoms with Gasteiger partial charge in [-0.05, 0) is 31.8 Å². The number of carbonyl (C=O) groups excluding carboxylic acids is 1. The average Bonchev–Trinajstić information content (AvgIpc) is 2.10. The molecule has 1 heterocycles. The lowest BCUT2D eigenvalue weighted by molar-refractivity contribution is -0.123. The minimum Gasteiger partial charge on any atom is -0.353 e. The van der Waals surface area contributed by atoms with Crippen LogP contribution in [0.5, 0.6) is 0 Å². The highest BCUT2D eigenvalue weighted by atomic mass is 16.1. The Kier molecular flexibility index (Phi) is 4.39. The molecule has 1 rings (SSSR count). The summed E-state index contributed by atoms with van der Waals surface area (Å²) in [5, 5.41) is 6.24. The van der Waals surface area contributed by atoms with Crippen LogP contribution in [0.15, 0.2) is 0 Å². The van der Waals surface area contributed by atoms with E-state index >= 15 is 0 Å². The molecule has 1 aliphatic rings. The van der Waals surface area contributed by atoms with Crippen LogP contribution in [-0.4, -0.2) is 25.0 Å². The zero-order chi connectivity index (χ0) is 10.6. The molecular formula is C11H22N2O. The molecule has 0 aliphatic carbocycles. The van der Waals surface area contributed by atoms with Gasteiger partial charge in [-0.15, -0.1) is 0 Å². The molecule has 0 saturated carbocycles. The van der Waals surface area contributed by atoms with E-state index in [-0.39, 0.29) is 5.91 Å². The highest BCUT2D eigenvalue weighted by molar-refractivity contribution is 5.76. The monoisotopic (exact) mass is 198 g/mol. The van der Waals surface area contributed by atoms with Crippen molar-refractivity contribution in [3.63, 3.8) is 0 Å². The summed E-state index contributed by atoms with van der Waals surface area (Å²) in [5.74, 6) is 1.35. The lowest BCUT2D eigenvalue weighted by Crippen LogP contribution is -2.46. The van der Waals surface area contributed by atoms with Crippen molar-refractivity contribution in [3.05, 3.63) is 0 Å². The predicted molar refractivity (Wildman–Crippen MR) is 58.0 cm³/mol. The van der Waals surface area contributed by atoms with Gasteiger partial charge < -0.3 is 10.6 Å². The Labute approximate surface area is 86.6 Å². The van der Waals surface area contributed by atoms with Gasteiger partial charge in [-0.25, -0.2) is 0 Å². The third-order valence-electron chi connectivity index (χ3n) is 3.23. The van der Waals surface area contributed by atoms with Crippen molar-refractivity contribution in [1.29, 1.82) is 0 Å². The number of nitrogens with one attached hydrogen (secondary N) is 2. The molecule has 0 bridgehead atoms. The van der Waals surface area contributed by atoms with Gasteiger partial charge in [0.15, 0.2) is 0 Å². The van der Waals surface area contributed by atoms with E-state index in [1.54, 1.807) is 0 Å². The number of hydrogen-bond acceptors (Lipinski definition) is 2. The maximum absolute atomic E-state index is 11.5. The largest absolute Gasteiger partial charge is 0.353 e. The SMILES string of the molecule is CCC(C)C(C)NC(=O)CC1CNC1. The van der Waals surface area contributed by atoms with Gasteiger partial charge in [0.2, 0.25) is 5.91 Å². The van der Waals surface area contributed by atoms with Crippen LogP contribution >= 0.6 is 0 Å². The molecule has 1 fully saturated rings. The van der Waals surface area contributed by atoms with Crippen molar-refractivity contribution in [2.45, 2.75) is 39.7 Å². The first kappa shape index (κ1) is 11.5. The van der Waals surface area contributed by atoms with Crippen LogP contribution < -0.4 is 10.6 Å². The molecule has 0 aromatic heterocycles. The maximum Gasteiger partial charge on any atom is 0.220 e. The van der Waals surface area contributed by atoms with Gasteiger partial charge in [-0.1, -0.05) is 20.3 Å². The summed E-state index contributed by atoms with van der Waals surface area (Å²) in [6, 6.07) is 0.306. The Morgan fingerprint density at radius 1 is 1.50 bits per heavy atom. The third kappa shape index (κ3) is 3.29. The van der Waals surface area contributed by atoms with Crippen LogP contribution in [0, 0.1) is 11.8 Å². The molecule has 0 spiro atoms. The second-order valence-corrected chi connectivity index (χ2v) is 4.47. The first-order chi connectivity index (χ1) is 6.63. The standard InChI is InChI=1S/C11H22N2O/c1-4-8(2)9(3)13-11(14)5-10-6-12-7-10/h8-10,12H,4-7H2,1-3H3,(H,13,14). The molecule has 0 aromatic carbocycles. The normalized spacial score (nSPS) is 21.1. The lowest BCUT2D eigenvalue weighted by atomic mass is 9.97. The van der Waals surface area contributed by atoms with Crippen molar-refractivity contribution in [1.82, 2.24) is 10.6 Å². The predicted octanol–water partition coefficient (Wildman–Crippen LogP) is 1.15. The Balaban J connectivity index is 2.18. The molecule has 1 saturated heterocycles. The molecule has 2 N–H and O–H groups in total. The molecule has 0 radical (unpaired) electrons. The van der Waals surface area contributed by atoms with Crippen molar-refractivity contribution >= 4 is 5.91 Å². The smallest absolute Gasteiger partial charge is 0.220 e. The van der Waals surface area contributed by atoms with Gasteiger partial charge >= 0.3 is 0 Å². The van der Waals surface area contributed by atoms with Crippen LogP contribution in [0.1, 0.15) is 33.6 Å². The van der Waals surface area contributed by atoms with E-state index in [1.165, 1.54) is 0 Å². The highest BCUT2D eigenvalue weighted by Gasteiger charge is 2.21. The number of hydrogen-bond donors (Lipinski definition) is 2. The second-order valence-electron chi connectivity index (χ2n) is 4.47. The van der Waals surface area contributed by atoms with E-state index in [0.29, 0.717) is 24.3 Å². The Hall–Kier alpha value is -0.570. The van der Waals surface area contributed by atoms with Gasteiger partial charge in [0.25, 0.3) is 0 Å². The van der Waals surface area contributed by atoms with Crippen LogP contribution in [-0.2, 0) is 4.79 Å². The minimum atomic E-state index is 0.212. The zero-order valence-electron chi connectivity index (χ0n) is 9.47. The van der Waals surface area contributed by atoms with E-state index in [1.807, 2.05) is 0 Å². The highest BCUT2D eigenvalue weighted by Crippen LogP contribution is 2.10. The summed E-state index contributed by atoms with van der Waals surface area (Å²) in [6.45, 7) is 8.43. The Morgan fingerprint density at radius 3 is 2.57 bits per heavy atom. The molecule has 1 aliphatic heterocycles. The second kappa shape index (κ2) is 5.35. The van der Waals surface area contributed by atoms with E-state index in [9.17, 15) is 4.79 Å². The summed E-state index contributed by atoms with van der Waals surface area (Å²) in [5.41, 5.74) is 0. The van der Waals surface area contributed by atoms with Crippen LogP contribution in [0.2, 0.25) is 0 Å². The fourth-order valence-corrected chi connectivity index (χ4v) is 1.56. The fourth-order valence-electron chi connectivity index (χ4n) is 1.56. The molecule has 2 unspecified atom stereocenters. The van der Waals surface area contributed by atoms with Crippen LogP contribution in [0.3, 0.4) is 0 Å². The van der Waals surface area contributed by atoms with Gasteiger partial charge in [0.05, 0.1) is 0 Å². The summed E-state index contributed by atoms with van der Waals surface area (Å²) >= 11 is 0. The molecule has 0 aromatic rings.